The van der Waals surface area contributed by atoms with Gasteiger partial charge in [0.05, 0.1) is 22.3 Å². The molecule has 0 aliphatic heterocycles. The number of carbonyl (C=O) groups excluding carboxylic acids is 2. The van der Waals surface area contributed by atoms with E-state index >= 15 is 0 Å². The van der Waals surface area contributed by atoms with Crippen molar-refractivity contribution in [2.75, 3.05) is 11.9 Å². The summed E-state index contributed by atoms with van der Waals surface area (Å²) in [6.07, 6.45) is 0.695. The highest BCUT2D eigenvalue weighted by Crippen LogP contribution is 2.30. The summed E-state index contributed by atoms with van der Waals surface area (Å²) in [5, 5.41) is 5.47. The van der Waals surface area contributed by atoms with Gasteiger partial charge in [0, 0.05) is 17.5 Å². The summed E-state index contributed by atoms with van der Waals surface area (Å²) in [7, 11) is 0. The Labute approximate surface area is 208 Å². The van der Waals surface area contributed by atoms with Gasteiger partial charge in [-0.05, 0) is 42.5 Å². The van der Waals surface area contributed by atoms with E-state index in [0.717, 1.165) is 10.4 Å². The van der Waals surface area contributed by atoms with E-state index in [0.29, 0.717) is 35.2 Å². The summed E-state index contributed by atoms with van der Waals surface area (Å²) in [4.78, 5) is 31.0. The first-order chi connectivity index (χ1) is 15.9. The average Bonchev–Trinajstić information content (AvgIpc) is 3.32. The molecule has 2 aromatic carbocycles. The van der Waals surface area contributed by atoms with Crippen LogP contribution in [0.3, 0.4) is 0 Å². The topological polar surface area (TPSA) is 52.7 Å². The van der Waals surface area contributed by atoms with Crippen molar-refractivity contribution in [2.24, 2.45) is 0 Å². The molecular formula is C25H27Cl2N3O2S. The SMILES string of the molecule is CC[C@@H](C)N(CC(=O)N(Cc1ccccc1)Cc1cccs1)C(=O)Nc1c(Cl)cccc1Cl. The lowest BCUT2D eigenvalue weighted by atomic mass is 10.2. The van der Waals surface area contributed by atoms with Gasteiger partial charge in [-0.3, -0.25) is 4.79 Å². The number of benzene rings is 2. The lowest BCUT2D eigenvalue weighted by Gasteiger charge is -2.31. The Bertz CT molecular complexity index is 1040. The first-order valence-electron chi connectivity index (χ1n) is 10.7. The second-order valence-corrected chi connectivity index (χ2v) is 9.57. The van der Waals surface area contributed by atoms with Crippen LogP contribution in [0.1, 0.15) is 30.7 Å². The van der Waals surface area contributed by atoms with Crippen molar-refractivity contribution >= 4 is 52.2 Å². The quantitative estimate of drug-likeness (QED) is 0.344. The van der Waals surface area contributed by atoms with Crippen molar-refractivity contribution in [3.8, 4) is 0 Å². The minimum Gasteiger partial charge on any atom is -0.332 e. The van der Waals surface area contributed by atoms with E-state index in [1.54, 1.807) is 34.4 Å². The molecule has 5 nitrogen and oxygen atoms in total. The highest BCUT2D eigenvalue weighted by molar-refractivity contribution is 7.09. The highest BCUT2D eigenvalue weighted by Gasteiger charge is 2.26. The Morgan fingerprint density at radius 3 is 2.27 bits per heavy atom. The van der Waals surface area contributed by atoms with Gasteiger partial charge < -0.3 is 15.1 Å². The van der Waals surface area contributed by atoms with Gasteiger partial charge in [-0.15, -0.1) is 11.3 Å². The third kappa shape index (κ3) is 6.97. The van der Waals surface area contributed by atoms with Crippen LogP contribution in [-0.4, -0.2) is 34.3 Å². The number of urea groups is 1. The Balaban J connectivity index is 1.80. The number of thiophene rings is 1. The molecule has 0 spiro atoms. The number of nitrogens with one attached hydrogen (secondary N) is 1. The Hall–Kier alpha value is -2.54. The number of carbonyl (C=O) groups is 2. The molecule has 0 aliphatic rings. The van der Waals surface area contributed by atoms with Crippen molar-refractivity contribution in [1.29, 1.82) is 0 Å². The molecule has 0 saturated carbocycles. The third-order valence-electron chi connectivity index (χ3n) is 5.38. The van der Waals surface area contributed by atoms with Crippen LogP contribution in [0.25, 0.3) is 0 Å². The van der Waals surface area contributed by atoms with E-state index < -0.39 is 6.03 Å². The van der Waals surface area contributed by atoms with Crippen molar-refractivity contribution in [2.45, 2.75) is 39.4 Å². The number of hydrogen-bond donors (Lipinski definition) is 1. The molecule has 174 valence electrons. The summed E-state index contributed by atoms with van der Waals surface area (Å²) >= 11 is 14.1. The van der Waals surface area contributed by atoms with Gasteiger partial charge in [0.2, 0.25) is 5.91 Å². The van der Waals surface area contributed by atoms with Gasteiger partial charge in [-0.25, -0.2) is 4.79 Å². The highest BCUT2D eigenvalue weighted by atomic mass is 35.5. The molecule has 1 heterocycles. The van der Waals surface area contributed by atoms with Gasteiger partial charge in [0.1, 0.15) is 6.54 Å². The van der Waals surface area contributed by atoms with Crippen molar-refractivity contribution in [1.82, 2.24) is 9.80 Å². The fourth-order valence-corrected chi connectivity index (χ4v) is 4.53. The zero-order valence-corrected chi connectivity index (χ0v) is 21.0. The lowest BCUT2D eigenvalue weighted by Crippen LogP contribution is -2.47. The number of halogens is 2. The summed E-state index contributed by atoms with van der Waals surface area (Å²) < 4.78 is 0. The van der Waals surface area contributed by atoms with E-state index in [9.17, 15) is 9.59 Å². The number of amides is 3. The van der Waals surface area contributed by atoms with Crippen LogP contribution in [0, 0.1) is 0 Å². The fourth-order valence-electron chi connectivity index (χ4n) is 3.32. The predicted molar refractivity (Wildman–Crippen MR) is 137 cm³/mol. The molecule has 1 aromatic heterocycles. The largest absolute Gasteiger partial charge is 0.332 e. The summed E-state index contributed by atoms with van der Waals surface area (Å²) in [6, 6.07) is 18.3. The number of nitrogens with zero attached hydrogens (tertiary/aromatic N) is 2. The Morgan fingerprint density at radius 1 is 0.970 bits per heavy atom. The van der Waals surface area contributed by atoms with Gasteiger partial charge in [-0.2, -0.15) is 0 Å². The van der Waals surface area contributed by atoms with E-state index in [4.69, 9.17) is 23.2 Å². The van der Waals surface area contributed by atoms with Crippen LogP contribution in [-0.2, 0) is 17.9 Å². The molecule has 33 heavy (non-hydrogen) atoms. The standard InChI is InChI=1S/C25H27Cl2N3O2S/c1-3-18(2)30(25(32)28-24-21(26)12-7-13-22(24)27)17-23(31)29(16-20-11-8-14-33-20)15-19-9-5-4-6-10-19/h4-14,18H,3,15-17H2,1-2H3,(H,28,32)/t18-/m1/s1. The molecule has 0 aliphatic carbocycles. The van der Waals surface area contributed by atoms with Crippen molar-refractivity contribution in [3.05, 3.63) is 86.5 Å². The van der Waals surface area contributed by atoms with Crippen LogP contribution in [0.5, 0.6) is 0 Å². The van der Waals surface area contributed by atoms with Crippen molar-refractivity contribution < 1.29 is 9.59 Å². The maximum Gasteiger partial charge on any atom is 0.322 e. The van der Waals surface area contributed by atoms with Crippen LogP contribution >= 0.6 is 34.5 Å². The van der Waals surface area contributed by atoms with Crippen LogP contribution < -0.4 is 5.32 Å². The minimum atomic E-state index is -0.413. The molecule has 0 fully saturated rings. The number of anilines is 1. The minimum absolute atomic E-state index is 0.0544. The molecular weight excluding hydrogens is 477 g/mol. The number of para-hydroxylation sites is 1. The fraction of sp³-hybridized carbons (Fsp3) is 0.280. The first kappa shape index (κ1) is 25.1. The van der Waals surface area contributed by atoms with Gasteiger partial charge in [-0.1, -0.05) is 72.6 Å². The smallest absolute Gasteiger partial charge is 0.322 e. The van der Waals surface area contributed by atoms with Crippen LogP contribution in [0.4, 0.5) is 10.5 Å². The maximum absolute atomic E-state index is 13.5. The maximum atomic E-state index is 13.5. The molecule has 0 saturated heterocycles. The van der Waals surface area contributed by atoms with E-state index in [2.05, 4.69) is 5.32 Å². The zero-order chi connectivity index (χ0) is 23.8. The molecule has 3 amide bonds. The van der Waals surface area contributed by atoms with E-state index in [1.807, 2.05) is 61.7 Å². The second kappa shape index (κ2) is 12.1. The van der Waals surface area contributed by atoms with Gasteiger partial charge >= 0.3 is 6.03 Å². The molecule has 0 unspecified atom stereocenters. The Kier molecular flexibility index (Phi) is 9.18. The third-order valence-corrected chi connectivity index (χ3v) is 6.87. The van der Waals surface area contributed by atoms with Crippen LogP contribution in [0.15, 0.2) is 66.0 Å². The summed E-state index contributed by atoms with van der Waals surface area (Å²) in [5.41, 5.74) is 1.37. The normalized spacial score (nSPS) is 11.6. The number of hydrogen-bond acceptors (Lipinski definition) is 3. The summed E-state index contributed by atoms with van der Waals surface area (Å²) in [5.74, 6) is -0.132. The molecule has 1 atom stereocenters. The van der Waals surface area contributed by atoms with Crippen LogP contribution in [0.2, 0.25) is 10.0 Å². The average molecular weight is 504 g/mol. The van der Waals surface area contributed by atoms with Gasteiger partial charge in [0.15, 0.2) is 0 Å². The Morgan fingerprint density at radius 2 is 1.67 bits per heavy atom. The predicted octanol–water partition coefficient (Wildman–Crippen LogP) is 6.92. The molecule has 0 radical (unpaired) electrons. The van der Waals surface area contributed by atoms with E-state index in [1.165, 1.54) is 4.90 Å². The van der Waals surface area contributed by atoms with E-state index in [-0.39, 0.29) is 18.5 Å². The zero-order valence-electron chi connectivity index (χ0n) is 18.6. The number of rotatable bonds is 9. The molecule has 8 heteroatoms. The lowest BCUT2D eigenvalue weighted by molar-refractivity contribution is -0.133. The van der Waals surface area contributed by atoms with Crippen molar-refractivity contribution in [3.63, 3.8) is 0 Å². The monoisotopic (exact) mass is 503 g/mol. The molecule has 1 N–H and O–H groups in total. The first-order valence-corrected chi connectivity index (χ1v) is 12.4. The molecule has 3 rings (SSSR count). The van der Waals surface area contributed by atoms with Gasteiger partial charge in [0.25, 0.3) is 0 Å². The second-order valence-electron chi connectivity index (χ2n) is 7.73. The summed E-state index contributed by atoms with van der Waals surface area (Å²) in [6.45, 7) is 4.79. The molecule has 3 aromatic rings. The molecule has 0 bridgehead atoms.